The van der Waals surface area contributed by atoms with Gasteiger partial charge in [0.1, 0.15) is 12.4 Å². The number of anilines is 1. The van der Waals surface area contributed by atoms with Crippen LogP contribution in [0.15, 0.2) is 66.9 Å². The second kappa shape index (κ2) is 11.2. The van der Waals surface area contributed by atoms with Crippen molar-refractivity contribution in [3.05, 3.63) is 66.9 Å². The van der Waals surface area contributed by atoms with Gasteiger partial charge in [0, 0.05) is 41.2 Å². The van der Waals surface area contributed by atoms with Crippen LogP contribution in [0.3, 0.4) is 0 Å². The lowest BCUT2D eigenvalue weighted by molar-refractivity contribution is -0.142. The van der Waals surface area contributed by atoms with Crippen LogP contribution in [0.25, 0.3) is 22.5 Å². The summed E-state index contributed by atoms with van der Waals surface area (Å²) in [6.07, 6.45) is -0.749. The molecule has 0 atom stereocenters. The summed E-state index contributed by atoms with van der Waals surface area (Å²) in [6, 6.07) is 13.7. The average Bonchev–Trinajstić information content (AvgIpc) is 2.91. The van der Waals surface area contributed by atoms with Crippen LogP contribution in [0, 0.1) is 0 Å². The molecule has 0 saturated heterocycles. The van der Waals surface area contributed by atoms with Gasteiger partial charge in [-0.1, -0.05) is 60.7 Å². The molecule has 1 aromatic heterocycles. The van der Waals surface area contributed by atoms with Gasteiger partial charge in [-0.15, -0.1) is 0 Å². The Labute approximate surface area is 199 Å². The maximum atomic E-state index is 10.8. The first-order valence-electron chi connectivity index (χ1n) is 14.9. The van der Waals surface area contributed by atoms with Gasteiger partial charge in [0.05, 0.1) is 21.7 Å². The van der Waals surface area contributed by atoms with Gasteiger partial charge in [-0.25, -0.2) is 9.78 Å². The Morgan fingerprint density at radius 2 is 1.74 bits per heavy atom. The van der Waals surface area contributed by atoms with Gasteiger partial charge in [0.15, 0.2) is 0 Å². The van der Waals surface area contributed by atoms with E-state index in [0.29, 0.717) is 16.8 Å². The van der Waals surface area contributed by atoms with E-state index in [1.165, 1.54) is 0 Å². The first-order chi connectivity index (χ1) is 19.3. The van der Waals surface area contributed by atoms with Crippen LogP contribution in [-0.2, 0) is 9.53 Å². The van der Waals surface area contributed by atoms with Gasteiger partial charge in [-0.3, -0.25) is 4.98 Å². The standard InChI is InChI=1S/C25H29N3O3/c1-19(2)28(15-9-10-16-31-18-23(29)30)22-17-26-24(20-11-5-3-6-12-20)25(27-22)21-13-7-4-8-14-21/h3-8,11-14,17,19H,9-10,15-16,18H2,1-2H3,(H,29,30)/i1D3,2D3,15D2,16D2,19D. The monoisotopic (exact) mass is 430 g/mol. The first kappa shape index (κ1) is 12.0. The van der Waals surface area contributed by atoms with E-state index in [4.69, 9.17) is 20.2 Å². The molecule has 6 heteroatoms. The Balaban J connectivity index is 2.26. The number of hydrogen-bond acceptors (Lipinski definition) is 5. The molecule has 0 bridgehead atoms. The highest BCUT2D eigenvalue weighted by Gasteiger charge is 2.17. The van der Waals surface area contributed by atoms with Crippen LogP contribution in [0.1, 0.15) is 41.6 Å². The molecular weight excluding hydrogens is 390 g/mol. The molecule has 31 heavy (non-hydrogen) atoms. The zero-order chi connectivity index (χ0) is 31.6. The Kier molecular flexibility index (Phi) is 4.33. The zero-order valence-electron chi connectivity index (χ0n) is 27.6. The maximum Gasteiger partial charge on any atom is 0.329 e. The third-order valence-electron chi connectivity index (χ3n) is 4.10. The van der Waals surface area contributed by atoms with E-state index in [0.717, 1.165) is 6.20 Å². The minimum atomic E-state index is -3.63. The lowest BCUT2D eigenvalue weighted by Gasteiger charge is -2.28. The second-order valence-corrected chi connectivity index (χ2v) is 6.33. The smallest absolute Gasteiger partial charge is 0.329 e. The quantitative estimate of drug-likeness (QED) is 0.466. The number of nitrogens with zero attached hydrogens (tertiary/aromatic N) is 3. The van der Waals surface area contributed by atoms with Crippen molar-refractivity contribution < 1.29 is 29.7 Å². The molecule has 0 spiro atoms. The van der Waals surface area contributed by atoms with Crippen molar-refractivity contribution in [3.8, 4) is 22.5 Å². The lowest BCUT2D eigenvalue weighted by atomic mass is 10.0. The molecule has 1 heterocycles. The Bertz CT molecular complexity index is 1350. The molecule has 3 rings (SSSR count). The second-order valence-electron chi connectivity index (χ2n) is 6.33. The Morgan fingerprint density at radius 3 is 2.35 bits per heavy atom. The summed E-state index contributed by atoms with van der Waals surface area (Å²) in [5, 5.41) is 8.81. The maximum absolute atomic E-state index is 10.8. The van der Waals surface area contributed by atoms with Crippen molar-refractivity contribution >= 4 is 11.8 Å². The number of carboxylic acid groups (broad SMARTS) is 1. The lowest BCUT2D eigenvalue weighted by Crippen LogP contribution is -2.33. The molecule has 0 unspecified atom stereocenters. The summed E-state index contributed by atoms with van der Waals surface area (Å²) in [5.41, 5.74) is 1.57. The molecule has 0 saturated carbocycles. The van der Waals surface area contributed by atoms with E-state index in [2.05, 4.69) is 14.7 Å². The molecule has 3 aromatic rings. The fourth-order valence-corrected chi connectivity index (χ4v) is 2.77. The van der Waals surface area contributed by atoms with Crippen molar-refractivity contribution in [1.82, 2.24) is 9.97 Å². The molecule has 0 aliphatic carbocycles. The fourth-order valence-electron chi connectivity index (χ4n) is 2.77. The summed E-state index contributed by atoms with van der Waals surface area (Å²) in [7, 11) is 0. The van der Waals surface area contributed by atoms with Gasteiger partial charge < -0.3 is 14.7 Å². The van der Waals surface area contributed by atoms with Crippen molar-refractivity contribution in [3.63, 3.8) is 0 Å². The minimum absolute atomic E-state index is 0.152. The van der Waals surface area contributed by atoms with Crippen LogP contribution >= 0.6 is 0 Å². The van der Waals surface area contributed by atoms with Gasteiger partial charge in [-0.2, -0.15) is 0 Å². The molecule has 1 N–H and O–H groups in total. The van der Waals surface area contributed by atoms with Crippen molar-refractivity contribution in [1.29, 1.82) is 0 Å². The largest absolute Gasteiger partial charge is 0.480 e. The number of aliphatic carboxylic acids is 1. The predicted molar refractivity (Wildman–Crippen MR) is 123 cm³/mol. The number of rotatable bonds is 11. The van der Waals surface area contributed by atoms with Gasteiger partial charge in [0.2, 0.25) is 0 Å². The highest BCUT2D eigenvalue weighted by atomic mass is 16.5. The fraction of sp³-hybridized carbons (Fsp3) is 0.320. The molecule has 0 aliphatic heterocycles. The van der Waals surface area contributed by atoms with E-state index >= 15 is 0 Å². The number of carboxylic acids is 1. The number of aromatic nitrogens is 2. The molecule has 0 fully saturated rings. The molecular formula is C25H29N3O3. The Morgan fingerprint density at radius 1 is 1.10 bits per heavy atom. The van der Waals surface area contributed by atoms with Gasteiger partial charge in [-0.05, 0) is 26.5 Å². The normalized spacial score (nSPS) is 18.3. The average molecular weight is 431 g/mol. The third kappa shape index (κ3) is 6.36. The van der Waals surface area contributed by atoms with Crippen LogP contribution in [0.2, 0.25) is 0 Å². The van der Waals surface area contributed by atoms with Crippen molar-refractivity contribution in [2.75, 3.05) is 24.6 Å². The van der Waals surface area contributed by atoms with Crippen molar-refractivity contribution in [2.24, 2.45) is 0 Å². The number of hydrogen-bond donors (Lipinski definition) is 1. The van der Waals surface area contributed by atoms with Crippen LogP contribution < -0.4 is 4.90 Å². The van der Waals surface area contributed by atoms with Crippen LogP contribution in [0.5, 0.6) is 0 Å². The van der Waals surface area contributed by atoms with Crippen LogP contribution in [0.4, 0.5) is 5.82 Å². The molecule has 6 nitrogen and oxygen atoms in total. The molecule has 0 amide bonds. The summed E-state index contributed by atoms with van der Waals surface area (Å²) < 4.78 is 95.1. The highest BCUT2D eigenvalue weighted by Crippen LogP contribution is 2.30. The third-order valence-corrected chi connectivity index (χ3v) is 4.10. The highest BCUT2D eigenvalue weighted by molar-refractivity contribution is 5.78. The topological polar surface area (TPSA) is 75.5 Å². The SMILES string of the molecule is [2H]C([2H])(CCC([2H])([2H])N(c1cnc(-c2ccccc2)c(-c2ccccc2)n1)C([2H])(C([2H])([2H])[2H])C([2H])([2H])[2H])OCC(=O)O. The van der Waals surface area contributed by atoms with E-state index in [-0.39, 0.29) is 10.6 Å². The van der Waals surface area contributed by atoms with Gasteiger partial charge >= 0.3 is 5.97 Å². The molecule has 162 valence electrons. The van der Waals surface area contributed by atoms with E-state index in [9.17, 15) is 4.79 Å². The molecule has 2 aromatic carbocycles. The van der Waals surface area contributed by atoms with Crippen molar-refractivity contribution in [2.45, 2.75) is 32.6 Å². The molecule has 0 radical (unpaired) electrons. The van der Waals surface area contributed by atoms with E-state index in [1.54, 1.807) is 60.7 Å². The molecule has 0 aliphatic rings. The summed E-state index contributed by atoms with van der Waals surface area (Å²) in [6.45, 7) is -14.0. The number of carbonyl (C=O) groups is 1. The van der Waals surface area contributed by atoms with Crippen LogP contribution in [-0.4, -0.2) is 46.7 Å². The first-order valence-corrected chi connectivity index (χ1v) is 9.44. The Hall–Kier alpha value is -3.25. The van der Waals surface area contributed by atoms with E-state index < -0.39 is 64.0 Å². The van der Waals surface area contributed by atoms with Gasteiger partial charge in [0.25, 0.3) is 0 Å². The number of ether oxygens (including phenoxy) is 1. The zero-order valence-corrected chi connectivity index (χ0v) is 16.6. The summed E-state index contributed by atoms with van der Waals surface area (Å²) >= 11 is 0. The summed E-state index contributed by atoms with van der Waals surface area (Å²) in [4.78, 5) is 19.9. The number of benzene rings is 2. The predicted octanol–water partition coefficient (Wildman–Crippen LogP) is 4.91. The summed E-state index contributed by atoms with van der Waals surface area (Å²) in [5.74, 6) is -2.06. The van der Waals surface area contributed by atoms with E-state index in [1.807, 2.05) is 0 Å². The minimum Gasteiger partial charge on any atom is -0.480 e.